The molecule has 0 fully saturated rings. The highest BCUT2D eigenvalue weighted by Crippen LogP contribution is 2.13. The fraction of sp³-hybridized carbons (Fsp3) is 0.294. The van der Waals surface area contributed by atoms with Crippen molar-refractivity contribution >= 4 is 16.0 Å². The molecule has 0 bridgehead atoms. The van der Waals surface area contributed by atoms with Gasteiger partial charge in [0.25, 0.3) is 0 Å². The van der Waals surface area contributed by atoms with E-state index in [9.17, 15) is 8.42 Å². The molecule has 0 aliphatic rings. The number of pyridine rings is 1. The van der Waals surface area contributed by atoms with Gasteiger partial charge in [0, 0.05) is 33.9 Å². The predicted octanol–water partition coefficient (Wildman–Crippen LogP) is 1.20. The number of hydrogen-bond acceptors (Lipinski definition) is 4. The van der Waals surface area contributed by atoms with Crippen LogP contribution < -0.4 is 10.6 Å². The molecule has 2 rings (SSSR count). The minimum atomic E-state index is -3.40. The van der Waals surface area contributed by atoms with Gasteiger partial charge in [0.1, 0.15) is 0 Å². The summed E-state index contributed by atoms with van der Waals surface area (Å²) in [6.45, 7) is 1.10. The van der Waals surface area contributed by atoms with Crippen molar-refractivity contribution in [2.75, 3.05) is 21.1 Å². The van der Waals surface area contributed by atoms with Crippen LogP contribution >= 0.6 is 0 Å². The van der Waals surface area contributed by atoms with Crippen molar-refractivity contribution in [3.8, 4) is 0 Å². The Hall–Kier alpha value is -2.45. The van der Waals surface area contributed by atoms with E-state index in [0.717, 1.165) is 11.3 Å². The zero-order chi connectivity index (χ0) is 18.3. The fourth-order valence-electron chi connectivity index (χ4n) is 2.07. The van der Waals surface area contributed by atoms with Gasteiger partial charge in [0.2, 0.25) is 10.0 Å². The molecular formula is C17H23N5O2S. The maximum Gasteiger partial charge on any atom is 0.242 e. The number of aromatic nitrogens is 1. The minimum absolute atomic E-state index is 0.277. The van der Waals surface area contributed by atoms with E-state index in [1.165, 1.54) is 18.4 Å². The van der Waals surface area contributed by atoms with Gasteiger partial charge in [-0.15, -0.1) is 0 Å². The lowest BCUT2D eigenvalue weighted by Gasteiger charge is -2.13. The third kappa shape index (κ3) is 5.27. The molecule has 0 amide bonds. The summed E-state index contributed by atoms with van der Waals surface area (Å²) in [6.07, 6.45) is 1.75. The summed E-state index contributed by atoms with van der Waals surface area (Å²) in [6, 6.07) is 12.5. The fourth-order valence-corrected chi connectivity index (χ4v) is 2.98. The topological polar surface area (TPSA) is 86.7 Å². The summed E-state index contributed by atoms with van der Waals surface area (Å²) in [7, 11) is 1.33. The van der Waals surface area contributed by atoms with Crippen LogP contribution in [0.2, 0.25) is 0 Å². The lowest BCUT2D eigenvalue weighted by atomic mass is 10.2. The number of nitrogens with one attached hydrogen (secondary N) is 2. The van der Waals surface area contributed by atoms with E-state index in [2.05, 4.69) is 20.6 Å². The minimum Gasteiger partial charge on any atom is -0.352 e. The normalized spacial score (nSPS) is 12.2. The third-order valence-corrected chi connectivity index (χ3v) is 5.38. The van der Waals surface area contributed by atoms with Gasteiger partial charge in [0.05, 0.1) is 17.1 Å². The molecule has 0 atom stereocenters. The zero-order valence-electron chi connectivity index (χ0n) is 14.6. The molecule has 2 N–H and O–H groups in total. The van der Waals surface area contributed by atoms with E-state index in [4.69, 9.17) is 0 Å². The Bertz CT molecular complexity index is 803. The highest BCUT2D eigenvalue weighted by molar-refractivity contribution is 7.89. The van der Waals surface area contributed by atoms with Crippen molar-refractivity contribution in [2.24, 2.45) is 4.99 Å². The first-order valence-electron chi connectivity index (χ1n) is 7.79. The number of hydrogen-bond donors (Lipinski definition) is 2. The monoisotopic (exact) mass is 361 g/mol. The second-order valence-corrected chi connectivity index (χ2v) is 7.68. The Kier molecular flexibility index (Phi) is 6.49. The van der Waals surface area contributed by atoms with Crippen molar-refractivity contribution in [3.63, 3.8) is 0 Å². The van der Waals surface area contributed by atoms with Gasteiger partial charge in [-0.3, -0.25) is 9.98 Å². The lowest BCUT2D eigenvalue weighted by Crippen LogP contribution is -2.36. The molecule has 0 saturated carbocycles. The van der Waals surface area contributed by atoms with Gasteiger partial charge >= 0.3 is 0 Å². The average molecular weight is 361 g/mol. The molecular weight excluding hydrogens is 338 g/mol. The SMILES string of the molecule is CN=C(NCc1ccc(S(=O)(=O)N(C)C)cc1)NCc1ccccn1. The quantitative estimate of drug-likeness (QED) is 0.596. The van der Waals surface area contributed by atoms with E-state index in [1.54, 1.807) is 37.5 Å². The van der Waals surface area contributed by atoms with Crippen molar-refractivity contribution in [1.29, 1.82) is 0 Å². The smallest absolute Gasteiger partial charge is 0.242 e. The van der Waals surface area contributed by atoms with E-state index in [-0.39, 0.29) is 4.90 Å². The van der Waals surface area contributed by atoms with Crippen LogP contribution in [0.25, 0.3) is 0 Å². The van der Waals surface area contributed by atoms with Crippen LogP contribution in [0.15, 0.2) is 58.5 Å². The Morgan fingerprint density at radius 1 is 1.08 bits per heavy atom. The Morgan fingerprint density at radius 3 is 2.32 bits per heavy atom. The summed E-state index contributed by atoms with van der Waals surface area (Å²) in [5, 5.41) is 6.37. The van der Waals surface area contributed by atoms with Gasteiger partial charge in [0.15, 0.2) is 5.96 Å². The number of guanidine groups is 1. The first-order valence-corrected chi connectivity index (χ1v) is 9.23. The molecule has 134 valence electrons. The number of aliphatic imine (C=N–C) groups is 1. The molecule has 1 aromatic heterocycles. The van der Waals surface area contributed by atoms with E-state index >= 15 is 0 Å². The number of nitrogens with zero attached hydrogens (tertiary/aromatic N) is 3. The van der Waals surface area contributed by atoms with Crippen molar-refractivity contribution < 1.29 is 8.42 Å². The van der Waals surface area contributed by atoms with Gasteiger partial charge in [-0.25, -0.2) is 12.7 Å². The molecule has 0 radical (unpaired) electrons. The Morgan fingerprint density at radius 2 is 1.76 bits per heavy atom. The number of sulfonamides is 1. The van der Waals surface area contributed by atoms with Crippen LogP contribution in [-0.4, -0.2) is 44.8 Å². The van der Waals surface area contributed by atoms with Crippen molar-refractivity contribution in [2.45, 2.75) is 18.0 Å². The molecule has 0 saturated heterocycles. The van der Waals surface area contributed by atoms with Gasteiger partial charge in [-0.05, 0) is 29.8 Å². The van der Waals surface area contributed by atoms with Crippen LogP contribution in [-0.2, 0) is 23.1 Å². The average Bonchev–Trinajstić information content (AvgIpc) is 2.63. The largest absolute Gasteiger partial charge is 0.352 e. The molecule has 0 aliphatic carbocycles. The van der Waals surface area contributed by atoms with E-state index < -0.39 is 10.0 Å². The molecule has 25 heavy (non-hydrogen) atoms. The van der Waals surface area contributed by atoms with Gasteiger partial charge in [-0.1, -0.05) is 18.2 Å². The van der Waals surface area contributed by atoms with Crippen LogP contribution in [0, 0.1) is 0 Å². The second-order valence-electron chi connectivity index (χ2n) is 5.53. The van der Waals surface area contributed by atoms with Crippen LogP contribution in [0.3, 0.4) is 0 Å². The summed E-state index contributed by atoms with van der Waals surface area (Å²) < 4.78 is 25.3. The molecule has 0 aliphatic heterocycles. The molecule has 0 unspecified atom stereocenters. The summed E-state index contributed by atoms with van der Waals surface area (Å²) in [4.78, 5) is 8.68. The molecule has 2 aromatic rings. The zero-order valence-corrected chi connectivity index (χ0v) is 15.4. The standard InChI is InChI=1S/C17H23N5O2S/c1-18-17(21-13-15-6-4-5-11-19-15)20-12-14-7-9-16(10-8-14)25(23,24)22(2)3/h4-11H,12-13H2,1-3H3,(H2,18,20,21). The van der Waals surface area contributed by atoms with Crippen LogP contribution in [0.5, 0.6) is 0 Å². The molecule has 7 nitrogen and oxygen atoms in total. The molecule has 8 heteroatoms. The number of rotatable bonds is 6. The highest BCUT2D eigenvalue weighted by Gasteiger charge is 2.16. The van der Waals surface area contributed by atoms with Crippen LogP contribution in [0.4, 0.5) is 0 Å². The first kappa shape index (κ1) is 18.9. The van der Waals surface area contributed by atoms with E-state index in [1.807, 2.05) is 18.2 Å². The highest BCUT2D eigenvalue weighted by atomic mass is 32.2. The van der Waals surface area contributed by atoms with Crippen molar-refractivity contribution in [3.05, 3.63) is 59.9 Å². The Labute approximate surface area is 148 Å². The summed E-state index contributed by atoms with van der Waals surface area (Å²) in [5.41, 5.74) is 1.88. The lowest BCUT2D eigenvalue weighted by molar-refractivity contribution is 0.520. The first-order chi connectivity index (χ1) is 11.9. The maximum atomic E-state index is 12.1. The summed E-state index contributed by atoms with van der Waals surface area (Å²) in [5.74, 6) is 0.649. The predicted molar refractivity (Wildman–Crippen MR) is 98.6 cm³/mol. The van der Waals surface area contributed by atoms with Gasteiger partial charge < -0.3 is 10.6 Å². The van der Waals surface area contributed by atoms with Crippen LogP contribution in [0.1, 0.15) is 11.3 Å². The molecule has 0 spiro atoms. The molecule has 1 heterocycles. The Balaban J connectivity index is 1.91. The molecule has 1 aromatic carbocycles. The van der Waals surface area contributed by atoms with E-state index in [0.29, 0.717) is 19.0 Å². The maximum absolute atomic E-state index is 12.1. The summed E-state index contributed by atoms with van der Waals surface area (Å²) >= 11 is 0. The second kappa shape index (κ2) is 8.59. The number of benzene rings is 1. The van der Waals surface area contributed by atoms with Gasteiger partial charge in [-0.2, -0.15) is 0 Å². The third-order valence-electron chi connectivity index (χ3n) is 3.55. The van der Waals surface area contributed by atoms with Crippen molar-refractivity contribution in [1.82, 2.24) is 19.9 Å².